The first-order valence-electron chi connectivity index (χ1n) is 5.10. The fraction of sp³-hybridized carbons (Fsp3) is 0.273. The Hall–Kier alpha value is -1.47. The van der Waals surface area contributed by atoms with E-state index in [1.165, 1.54) is 12.1 Å². The van der Waals surface area contributed by atoms with Crippen molar-refractivity contribution in [3.63, 3.8) is 0 Å². The van der Waals surface area contributed by atoms with E-state index in [1.54, 1.807) is 0 Å². The predicted molar refractivity (Wildman–Crippen MR) is 66.4 cm³/mol. The predicted octanol–water partition coefficient (Wildman–Crippen LogP) is 0.820. The highest BCUT2D eigenvalue weighted by atomic mass is 79.9. The van der Waals surface area contributed by atoms with Crippen LogP contribution in [0.2, 0.25) is 0 Å². The van der Waals surface area contributed by atoms with Crippen LogP contribution in [0.15, 0.2) is 22.7 Å². The van der Waals surface area contributed by atoms with Crippen LogP contribution in [0.25, 0.3) is 0 Å². The summed E-state index contributed by atoms with van der Waals surface area (Å²) >= 11 is 2.99. The fourth-order valence-corrected chi connectivity index (χ4v) is 1.40. The van der Waals surface area contributed by atoms with Gasteiger partial charge in [0.05, 0.1) is 11.1 Å². The van der Waals surface area contributed by atoms with E-state index in [0.717, 1.165) is 6.07 Å². The Balaban J connectivity index is 2.36. The molecule has 0 aliphatic carbocycles. The summed E-state index contributed by atoms with van der Waals surface area (Å²) in [4.78, 5) is 21.9. The maximum Gasteiger partial charge on any atom is 0.251 e. The molecule has 0 radical (unpaired) electrons. The van der Waals surface area contributed by atoms with Gasteiger partial charge in [0.2, 0.25) is 5.91 Å². The monoisotopic (exact) mass is 318 g/mol. The summed E-state index contributed by atoms with van der Waals surface area (Å²) in [7, 11) is 0. The van der Waals surface area contributed by atoms with Crippen molar-refractivity contribution >= 4 is 27.7 Å². The third kappa shape index (κ3) is 4.80. The average molecular weight is 319 g/mol. The maximum atomic E-state index is 13.2. The Morgan fingerprint density at radius 3 is 2.78 bits per heavy atom. The number of nitrogens with two attached hydrogens (primary N) is 1. The van der Waals surface area contributed by atoms with Crippen molar-refractivity contribution in [1.82, 2.24) is 5.32 Å². The molecule has 0 unspecified atom stereocenters. The van der Waals surface area contributed by atoms with E-state index in [2.05, 4.69) is 21.2 Å². The van der Waals surface area contributed by atoms with Crippen molar-refractivity contribution in [3.05, 3.63) is 34.1 Å². The highest BCUT2D eigenvalue weighted by Gasteiger charge is 2.07. The molecule has 1 rings (SSSR count). The Labute approximate surface area is 112 Å². The lowest BCUT2D eigenvalue weighted by atomic mass is 10.2. The van der Waals surface area contributed by atoms with Crippen LogP contribution in [0.5, 0.6) is 0 Å². The van der Waals surface area contributed by atoms with Crippen LogP contribution in [-0.4, -0.2) is 31.6 Å². The van der Waals surface area contributed by atoms with Crippen molar-refractivity contribution in [2.45, 2.75) is 0 Å². The third-order valence-electron chi connectivity index (χ3n) is 1.96. The van der Waals surface area contributed by atoms with Crippen LogP contribution in [0.4, 0.5) is 4.39 Å². The molecule has 0 saturated heterocycles. The number of amides is 2. The summed E-state index contributed by atoms with van der Waals surface area (Å²) < 4.78 is 18.3. The fourth-order valence-electron chi connectivity index (χ4n) is 1.15. The summed E-state index contributed by atoms with van der Waals surface area (Å²) in [6, 6.07) is 4.07. The zero-order valence-electron chi connectivity index (χ0n) is 9.41. The number of carbonyl (C=O) groups excluding carboxylic acids is 2. The number of halogens is 2. The van der Waals surface area contributed by atoms with Gasteiger partial charge in [-0.3, -0.25) is 9.59 Å². The number of hydrogen-bond donors (Lipinski definition) is 2. The second kappa shape index (κ2) is 7.07. The van der Waals surface area contributed by atoms with Gasteiger partial charge in [-0.2, -0.15) is 0 Å². The van der Waals surface area contributed by atoms with Gasteiger partial charge in [0.25, 0.3) is 5.91 Å². The van der Waals surface area contributed by atoms with Gasteiger partial charge in [0.15, 0.2) is 0 Å². The number of nitrogens with one attached hydrogen (secondary N) is 1. The Bertz CT molecular complexity index is 454. The quantitative estimate of drug-likeness (QED) is 0.762. The zero-order valence-corrected chi connectivity index (χ0v) is 11.0. The Morgan fingerprint density at radius 1 is 1.44 bits per heavy atom. The Morgan fingerprint density at radius 2 is 2.17 bits per heavy atom. The van der Waals surface area contributed by atoms with Gasteiger partial charge < -0.3 is 15.8 Å². The van der Waals surface area contributed by atoms with Crippen LogP contribution in [-0.2, 0) is 9.53 Å². The van der Waals surface area contributed by atoms with Crippen molar-refractivity contribution in [2.75, 3.05) is 19.8 Å². The summed E-state index contributed by atoms with van der Waals surface area (Å²) in [6.45, 7) is 0.181. The topological polar surface area (TPSA) is 81.4 Å². The molecule has 98 valence electrons. The van der Waals surface area contributed by atoms with E-state index in [0.29, 0.717) is 4.47 Å². The molecule has 5 nitrogen and oxygen atoms in total. The molecule has 3 N–H and O–H groups in total. The molecule has 7 heteroatoms. The molecular formula is C11H12BrFN2O3. The van der Waals surface area contributed by atoms with Gasteiger partial charge in [0, 0.05) is 12.1 Å². The maximum absolute atomic E-state index is 13.2. The number of carbonyl (C=O) groups is 2. The Kier molecular flexibility index (Phi) is 5.73. The van der Waals surface area contributed by atoms with Gasteiger partial charge in [-0.05, 0) is 34.1 Å². The molecule has 0 fully saturated rings. The van der Waals surface area contributed by atoms with Gasteiger partial charge in [-0.15, -0.1) is 0 Å². The zero-order chi connectivity index (χ0) is 13.5. The highest BCUT2D eigenvalue weighted by molar-refractivity contribution is 9.10. The second-order valence-electron chi connectivity index (χ2n) is 3.40. The molecule has 1 aromatic carbocycles. The molecule has 18 heavy (non-hydrogen) atoms. The van der Waals surface area contributed by atoms with Crippen molar-refractivity contribution in [3.8, 4) is 0 Å². The minimum Gasteiger partial charge on any atom is -0.370 e. The second-order valence-corrected chi connectivity index (χ2v) is 4.26. The molecule has 2 amide bonds. The minimum atomic E-state index is -0.573. The molecule has 0 aliphatic rings. The molecule has 0 aromatic heterocycles. The number of rotatable bonds is 6. The number of benzene rings is 1. The summed E-state index contributed by atoms with van der Waals surface area (Å²) in [6.07, 6.45) is 0. The SMILES string of the molecule is NC(=O)COCCNC(=O)c1ccc(Br)c(F)c1. The average Bonchev–Trinajstić information content (AvgIpc) is 2.31. The summed E-state index contributed by atoms with van der Waals surface area (Å²) in [5.74, 6) is -1.49. The van der Waals surface area contributed by atoms with Crippen LogP contribution >= 0.6 is 15.9 Å². The lowest BCUT2D eigenvalue weighted by Crippen LogP contribution is -2.28. The number of ether oxygens (including phenoxy) is 1. The van der Waals surface area contributed by atoms with Crippen LogP contribution in [0.3, 0.4) is 0 Å². The molecular weight excluding hydrogens is 307 g/mol. The lowest BCUT2D eigenvalue weighted by molar-refractivity contribution is -0.122. The van der Waals surface area contributed by atoms with E-state index in [-0.39, 0.29) is 25.3 Å². The normalized spacial score (nSPS) is 10.1. The summed E-state index contributed by atoms with van der Waals surface area (Å²) in [5.41, 5.74) is 5.07. The van der Waals surface area contributed by atoms with E-state index >= 15 is 0 Å². The minimum absolute atomic E-state index is 0.160. The molecule has 0 bridgehead atoms. The highest BCUT2D eigenvalue weighted by Crippen LogP contribution is 2.16. The largest absolute Gasteiger partial charge is 0.370 e. The molecule has 0 atom stereocenters. The van der Waals surface area contributed by atoms with Gasteiger partial charge in [-0.1, -0.05) is 0 Å². The van der Waals surface area contributed by atoms with Gasteiger partial charge >= 0.3 is 0 Å². The van der Waals surface area contributed by atoms with E-state index in [1.807, 2.05) is 0 Å². The van der Waals surface area contributed by atoms with Gasteiger partial charge in [-0.25, -0.2) is 4.39 Å². The van der Waals surface area contributed by atoms with Crippen LogP contribution < -0.4 is 11.1 Å². The smallest absolute Gasteiger partial charge is 0.251 e. The first-order chi connectivity index (χ1) is 8.50. The lowest BCUT2D eigenvalue weighted by Gasteiger charge is -2.06. The van der Waals surface area contributed by atoms with E-state index in [9.17, 15) is 14.0 Å². The van der Waals surface area contributed by atoms with Crippen molar-refractivity contribution < 1.29 is 18.7 Å². The van der Waals surface area contributed by atoms with Crippen LogP contribution in [0.1, 0.15) is 10.4 Å². The van der Waals surface area contributed by atoms with Crippen LogP contribution in [0, 0.1) is 5.82 Å². The first-order valence-corrected chi connectivity index (χ1v) is 5.89. The van der Waals surface area contributed by atoms with Crippen molar-refractivity contribution in [2.24, 2.45) is 5.73 Å². The van der Waals surface area contributed by atoms with E-state index < -0.39 is 17.6 Å². The van der Waals surface area contributed by atoms with Crippen molar-refractivity contribution in [1.29, 1.82) is 0 Å². The molecule has 0 aliphatic heterocycles. The molecule has 0 heterocycles. The standard InChI is InChI=1S/C11H12BrFN2O3/c12-8-2-1-7(5-9(8)13)11(17)15-3-4-18-6-10(14)16/h1-2,5H,3-4,6H2,(H2,14,16)(H,15,17). The molecule has 0 spiro atoms. The third-order valence-corrected chi connectivity index (χ3v) is 2.60. The first kappa shape index (κ1) is 14.6. The van der Waals surface area contributed by atoms with E-state index in [4.69, 9.17) is 10.5 Å². The number of hydrogen-bond acceptors (Lipinski definition) is 3. The summed E-state index contributed by atoms with van der Waals surface area (Å²) in [5, 5.41) is 2.52. The number of primary amides is 1. The van der Waals surface area contributed by atoms with Gasteiger partial charge in [0.1, 0.15) is 12.4 Å². The molecule has 1 aromatic rings. The molecule has 0 saturated carbocycles.